The van der Waals surface area contributed by atoms with Crippen LogP contribution < -0.4 is 5.32 Å². The predicted octanol–water partition coefficient (Wildman–Crippen LogP) is 3.36. The van der Waals surface area contributed by atoms with Crippen molar-refractivity contribution in [2.24, 2.45) is 0 Å². The molecule has 3 nitrogen and oxygen atoms in total. The number of aryl methyl sites for hydroxylation is 2. The maximum atomic E-state index is 12.5. The zero-order valence-corrected chi connectivity index (χ0v) is 12.0. The monoisotopic (exact) mass is 279 g/mol. The summed E-state index contributed by atoms with van der Waals surface area (Å²) in [6, 6.07) is 13.0. The summed E-state index contributed by atoms with van der Waals surface area (Å²) in [5, 5.41) is 2.69. The van der Waals surface area contributed by atoms with Crippen molar-refractivity contribution in [2.75, 3.05) is 5.32 Å². The number of hydrogen-bond acceptors (Lipinski definition) is 2. The van der Waals surface area contributed by atoms with Gasteiger partial charge < -0.3 is 5.32 Å². The van der Waals surface area contributed by atoms with Crippen molar-refractivity contribution in [3.8, 4) is 0 Å². The number of amides is 1. The van der Waals surface area contributed by atoms with Crippen LogP contribution in [0, 0.1) is 0 Å². The van der Waals surface area contributed by atoms with Gasteiger partial charge in [-0.2, -0.15) is 0 Å². The Hall–Kier alpha value is -2.42. The fourth-order valence-electron chi connectivity index (χ4n) is 2.79. The lowest BCUT2D eigenvalue weighted by molar-refractivity contribution is -0.114. The molecule has 0 unspecified atom stereocenters. The molecule has 0 aromatic heterocycles. The normalized spacial score (nSPS) is 12.8. The molecule has 0 fully saturated rings. The third kappa shape index (κ3) is 2.87. The summed E-state index contributed by atoms with van der Waals surface area (Å²) < 4.78 is 0. The van der Waals surface area contributed by atoms with Crippen LogP contribution in [0.2, 0.25) is 0 Å². The van der Waals surface area contributed by atoms with Crippen molar-refractivity contribution < 1.29 is 9.59 Å². The minimum absolute atomic E-state index is 0.0269. The van der Waals surface area contributed by atoms with Crippen LogP contribution in [0.15, 0.2) is 42.5 Å². The van der Waals surface area contributed by atoms with Crippen LogP contribution in [0.4, 0.5) is 5.69 Å². The Morgan fingerprint density at radius 3 is 2.29 bits per heavy atom. The Bertz CT molecular complexity index is 702. The maximum Gasteiger partial charge on any atom is 0.221 e. The van der Waals surface area contributed by atoms with E-state index in [0.29, 0.717) is 11.3 Å². The molecule has 2 aromatic carbocycles. The molecule has 0 saturated carbocycles. The van der Waals surface area contributed by atoms with E-state index >= 15 is 0 Å². The summed E-state index contributed by atoms with van der Waals surface area (Å²) in [5.41, 5.74) is 4.75. The van der Waals surface area contributed by atoms with E-state index in [0.717, 1.165) is 18.4 Å². The third-order valence-electron chi connectivity index (χ3n) is 3.83. The SMILES string of the molecule is CC(=O)Nc1ccc(C(=O)c2ccc3c(c2)CCC3)cc1. The number of fused-ring (bicyclic) bond motifs is 1. The summed E-state index contributed by atoms with van der Waals surface area (Å²) >= 11 is 0. The minimum atomic E-state index is -0.118. The molecule has 0 bridgehead atoms. The van der Waals surface area contributed by atoms with Crippen molar-refractivity contribution in [2.45, 2.75) is 26.2 Å². The summed E-state index contributed by atoms with van der Waals surface area (Å²) in [5.74, 6) is -0.0910. The first-order valence-electron chi connectivity index (χ1n) is 7.17. The van der Waals surface area contributed by atoms with Crippen molar-refractivity contribution in [3.63, 3.8) is 0 Å². The molecule has 3 heteroatoms. The quantitative estimate of drug-likeness (QED) is 0.876. The van der Waals surface area contributed by atoms with Crippen molar-refractivity contribution in [1.82, 2.24) is 0 Å². The van der Waals surface area contributed by atoms with E-state index in [1.807, 2.05) is 12.1 Å². The van der Waals surface area contributed by atoms with Gasteiger partial charge in [-0.1, -0.05) is 12.1 Å². The average Bonchev–Trinajstić information content (AvgIpc) is 2.94. The van der Waals surface area contributed by atoms with Gasteiger partial charge in [-0.25, -0.2) is 0 Å². The Morgan fingerprint density at radius 1 is 0.905 bits per heavy atom. The second kappa shape index (κ2) is 5.52. The van der Waals surface area contributed by atoms with E-state index in [4.69, 9.17) is 0 Å². The highest BCUT2D eigenvalue weighted by atomic mass is 16.1. The van der Waals surface area contributed by atoms with E-state index in [1.165, 1.54) is 24.5 Å². The first-order chi connectivity index (χ1) is 10.1. The fraction of sp³-hybridized carbons (Fsp3) is 0.222. The summed E-state index contributed by atoms with van der Waals surface area (Å²) in [7, 11) is 0. The number of rotatable bonds is 3. The lowest BCUT2D eigenvalue weighted by Crippen LogP contribution is -2.06. The molecule has 1 N–H and O–H groups in total. The highest BCUT2D eigenvalue weighted by molar-refractivity contribution is 6.09. The van der Waals surface area contributed by atoms with Gasteiger partial charge in [0.15, 0.2) is 5.78 Å². The van der Waals surface area contributed by atoms with Crippen LogP contribution >= 0.6 is 0 Å². The van der Waals surface area contributed by atoms with E-state index in [-0.39, 0.29) is 11.7 Å². The Kier molecular flexibility index (Phi) is 3.57. The molecule has 0 radical (unpaired) electrons. The maximum absolute atomic E-state index is 12.5. The van der Waals surface area contributed by atoms with Crippen molar-refractivity contribution >= 4 is 17.4 Å². The zero-order valence-electron chi connectivity index (χ0n) is 12.0. The third-order valence-corrected chi connectivity index (χ3v) is 3.83. The second-order valence-corrected chi connectivity index (χ2v) is 5.42. The molecule has 106 valence electrons. The smallest absolute Gasteiger partial charge is 0.221 e. The van der Waals surface area contributed by atoms with Crippen LogP contribution in [0.5, 0.6) is 0 Å². The van der Waals surface area contributed by atoms with Gasteiger partial charge in [-0.15, -0.1) is 0 Å². The van der Waals surface area contributed by atoms with Gasteiger partial charge in [-0.3, -0.25) is 9.59 Å². The van der Waals surface area contributed by atoms with Gasteiger partial charge in [0.1, 0.15) is 0 Å². The number of nitrogens with one attached hydrogen (secondary N) is 1. The number of anilines is 1. The molecular formula is C18H17NO2. The highest BCUT2D eigenvalue weighted by Gasteiger charge is 2.15. The lowest BCUT2D eigenvalue weighted by atomic mass is 9.99. The van der Waals surface area contributed by atoms with Crippen molar-refractivity contribution in [1.29, 1.82) is 0 Å². The van der Waals surface area contributed by atoms with Crippen molar-refractivity contribution in [3.05, 3.63) is 64.7 Å². The molecule has 0 atom stereocenters. The molecule has 1 amide bonds. The largest absolute Gasteiger partial charge is 0.326 e. The highest BCUT2D eigenvalue weighted by Crippen LogP contribution is 2.24. The van der Waals surface area contributed by atoms with Gasteiger partial charge >= 0.3 is 0 Å². The number of benzene rings is 2. The van der Waals surface area contributed by atoms with E-state index in [2.05, 4.69) is 11.4 Å². The zero-order chi connectivity index (χ0) is 14.8. The molecule has 0 aliphatic heterocycles. The second-order valence-electron chi connectivity index (χ2n) is 5.42. The van der Waals surface area contributed by atoms with Gasteiger partial charge in [0.25, 0.3) is 0 Å². The van der Waals surface area contributed by atoms with Crippen LogP contribution in [-0.2, 0) is 17.6 Å². The molecule has 3 rings (SSSR count). The van der Waals surface area contributed by atoms with Crippen LogP contribution in [-0.4, -0.2) is 11.7 Å². The average molecular weight is 279 g/mol. The minimum Gasteiger partial charge on any atom is -0.326 e. The molecule has 0 saturated heterocycles. The standard InChI is InChI=1S/C18H17NO2/c1-12(20)19-17-9-7-14(8-10-17)18(21)16-6-5-13-3-2-4-15(13)11-16/h5-11H,2-4H2,1H3,(H,19,20). The lowest BCUT2D eigenvalue weighted by Gasteiger charge is -2.06. The van der Waals surface area contributed by atoms with Gasteiger partial charge in [-0.05, 0) is 60.7 Å². The van der Waals surface area contributed by atoms with Gasteiger partial charge in [0.2, 0.25) is 5.91 Å². The number of carbonyl (C=O) groups is 2. The molecule has 0 heterocycles. The predicted molar refractivity (Wildman–Crippen MR) is 82.6 cm³/mol. The van der Waals surface area contributed by atoms with Crippen LogP contribution in [0.25, 0.3) is 0 Å². The van der Waals surface area contributed by atoms with Crippen LogP contribution in [0.1, 0.15) is 40.4 Å². The number of ketones is 1. The molecular weight excluding hydrogens is 262 g/mol. The molecule has 0 spiro atoms. The molecule has 21 heavy (non-hydrogen) atoms. The summed E-state index contributed by atoms with van der Waals surface area (Å²) in [6.45, 7) is 1.46. The summed E-state index contributed by atoms with van der Waals surface area (Å²) in [6.07, 6.45) is 3.37. The Morgan fingerprint density at radius 2 is 1.57 bits per heavy atom. The first kappa shape index (κ1) is 13.6. The topological polar surface area (TPSA) is 46.2 Å². The fourth-order valence-corrected chi connectivity index (χ4v) is 2.79. The van der Waals surface area contributed by atoms with Gasteiger partial charge in [0.05, 0.1) is 0 Å². The Labute approximate surface area is 124 Å². The molecule has 1 aliphatic rings. The molecule has 1 aliphatic carbocycles. The molecule has 2 aromatic rings. The Balaban J connectivity index is 1.83. The van der Waals surface area contributed by atoms with E-state index in [1.54, 1.807) is 24.3 Å². The van der Waals surface area contributed by atoms with E-state index < -0.39 is 0 Å². The van der Waals surface area contributed by atoms with Crippen LogP contribution in [0.3, 0.4) is 0 Å². The number of hydrogen-bond donors (Lipinski definition) is 1. The van der Waals surface area contributed by atoms with Gasteiger partial charge in [0, 0.05) is 23.7 Å². The summed E-state index contributed by atoms with van der Waals surface area (Å²) in [4.78, 5) is 23.5. The number of carbonyl (C=O) groups excluding carboxylic acids is 2. The first-order valence-corrected chi connectivity index (χ1v) is 7.17. The van der Waals surface area contributed by atoms with E-state index in [9.17, 15) is 9.59 Å².